The number of hydrogen-bond donors (Lipinski definition) is 2. The first-order valence-electron chi connectivity index (χ1n) is 3.67. The van der Waals surface area contributed by atoms with Crippen molar-refractivity contribution in [1.29, 1.82) is 0 Å². The van der Waals surface area contributed by atoms with E-state index in [4.69, 9.17) is 28.9 Å². The van der Waals surface area contributed by atoms with Crippen molar-refractivity contribution in [3.05, 3.63) is 28.0 Å². The van der Waals surface area contributed by atoms with Crippen LogP contribution in [0, 0.1) is 5.82 Å². The minimum Gasteiger partial charge on any atom is -0.376 e. The van der Waals surface area contributed by atoms with Gasteiger partial charge in [-0.2, -0.15) is 0 Å². The molecule has 0 saturated heterocycles. The van der Waals surface area contributed by atoms with E-state index in [1.165, 1.54) is 12.1 Å². The molecule has 0 unspecified atom stereocenters. The van der Waals surface area contributed by atoms with Gasteiger partial charge in [-0.25, -0.2) is 4.39 Å². The molecule has 0 aliphatic carbocycles. The predicted molar refractivity (Wildman–Crippen MR) is 54.1 cm³/mol. The molecule has 0 atom stereocenters. The number of carbonyl (C=O) groups excluding carboxylic acids is 1. The summed E-state index contributed by atoms with van der Waals surface area (Å²) in [6.07, 6.45) is 0. The molecule has 0 heterocycles. The first-order valence-corrected chi connectivity index (χ1v) is 4.43. The lowest BCUT2D eigenvalue weighted by atomic mass is 10.3. The number of nitrogens with one attached hydrogen (secondary N) is 1. The second-order valence-corrected chi connectivity index (χ2v) is 3.39. The van der Waals surface area contributed by atoms with Crippen LogP contribution < -0.4 is 11.1 Å². The highest BCUT2D eigenvalue weighted by Crippen LogP contribution is 2.26. The molecule has 14 heavy (non-hydrogen) atoms. The Kier molecular flexibility index (Phi) is 3.55. The van der Waals surface area contributed by atoms with Crippen LogP contribution in [-0.4, -0.2) is 12.5 Å². The average molecular weight is 237 g/mol. The molecule has 76 valence electrons. The van der Waals surface area contributed by atoms with Gasteiger partial charge in [0.05, 0.1) is 16.6 Å². The van der Waals surface area contributed by atoms with Crippen molar-refractivity contribution in [3.8, 4) is 0 Å². The zero-order valence-corrected chi connectivity index (χ0v) is 8.49. The molecule has 0 aliphatic heterocycles. The fourth-order valence-electron chi connectivity index (χ4n) is 0.847. The molecule has 0 aromatic heterocycles. The zero-order chi connectivity index (χ0) is 10.7. The highest BCUT2D eigenvalue weighted by molar-refractivity contribution is 6.35. The molecule has 0 fully saturated rings. The molecule has 0 aliphatic rings. The number of halogens is 3. The van der Waals surface area contributed by atoms with Crippen LogP contribution >= 0.6 is 23.2 Å². The third-order valence-electron chi connectivity index (χ3n) is 1.45. The lowest BCUT2D eigenvalue weighted by molar-refractivity contribution is -0.116. The van der Waals surface area contributed by atoms with Gasteiger partial charge in [0.1, 0.15) is 0 Å². The van der Waals surface area contributed by atoms with Gasteiger partial charge in [0.25, 0.3) is 0 Å². The first kappa shape index (κ1) is 11.1. The van der Waals surface area contributed by atoms with Crippen LogP contribution in [0.15, 0.2) is 12.1 Å². The summed E-state index contributed by atoms with van der Waals surface area (Å²) in [5, 5.41) is 2.43. The number of anilines is 1. The Hall–Kier alpha value is -1.00. The molecular formula is C8H7Cl2FN2O. The van der Waals surface area contributed by atoms with Gasteiger partial charge in [0, 0.05) is 5.69 Å². The van der Waals surface area contributed by atoms with E-state index in [0.717, 1.165) is 0 Å². The molecule has 6 heteroatoms. The SMILES string of the molecule is NC(=O)CNc1cc(Cl)c(F)c(Cl)c1. The van der Waals surface area contributed by atoms with E-state index in [1.54, 1.807) is 0 Å². The second-order valence-electron chi connectivity index (χ2n) is 2.57. The lowest BCUT2D eigenvalue weighted by Gasteiger charge is -2.05. The first-order chi connectivity index (χ1) is 6.50. The van der Waals surface area contributed by atoms with E-state index in [1.807, 2.05) is 0 Å². The van der Waals surface area contributed by atoms with Gasteiger partial charge in [-0.15, -0.1) is 0 Å². The van der Waals surface area contributed by atoms with E-state index in [2.05, 4.69) is 5.32 Å². The van der Waals surface area contributed by atoms with Gasteiger partial charge in [-0.3, -0.25) is 4.79 Å². The standard InChI is InChI=1S/C8H7Cl2FN2O/c9-5-1-4(13-3-7(12)14)2-6(10)8(5)11/h1-2,13H,3H2,(H2,12,14). The van der Waals surface area contributed by atoms with Gasteiger partial charge in [-0.05, 0) is 12.1 Å². The van der Waals surface area contributed by atoms with Crippen LogP contribution in [0.1, 0.15) is 0 Å². The van der Waals surface area contributed by atoms with Gasteiger partial charge < -0.3 is 11.1 Å². The Morgan fingerprint density at radius 3 is 2.36 bits per heavy atom. The van der Waals surface area contributed by atoms with Crippen molar-refractivity contribution in [2.45, 2.75) is 0 Å². The van der Waals surface area contributed by atoms with Crippen molar-refractivity contribution in [3.63, 3.8) is 0 Å². The fourth-order valence-corrected chi connectivity index (χ4v) is 1.33. The maximum atomic E-state index is 12.9. The quantitative estimate of drug-likeness (QED) is 0.790. The molecule has 1 rings (SSSR count). The van der Waals surface area contributed by atoms with Crippen LogP contribution in [-0.2, 0) is 4.79 Å². The third kappa shape index (κ3) is 2.75. The van der Waals surface area contributed by atoms with Crippen molar-refractivity contribution >= 4 is 34.8 Å². The summed E-state index contributed by atoms with van der Waals surface area (Å²) in [6.45, 7) is -0.0573. The third-order valence-corrected chi connectivity index (χ3v) is 2.00. The topological polar surface area (TPSA) is 55.1 Å². The number of hydrogen-bond acceptors (Lipinski definition) is 2. The van der Waals surface area contributed by atoms with Crippen molar-refractivity contribution in [2.75, 3.05) is 11.9 Å². The molecule has 3 N–H and O–H groups in total. The minimum absolute atomic E-state index is 0.0573. The molecule has 0 saturated carbocycles. The van der Waals surface area contributed by atoms with Crippen LogP contribution in [0.25, 0.3) is 0 Å². The van der Waals surface area contributed by atoms with Gasteiger partial charge in [0.15, 0.2) is 5.82 Å². The Morgan fingerprint density at radius 1 is 1.43 bits per heavy atom. The number of rotatable bonds is 3. The molecule has 1 aromatic carbocycles. The second kappa shape index (κ2) is 4.48. The van der Waals surface area contributed by atoms with Crippen molar-refractivity contribution in [1.82, 2.24) is 0 Å². The number of carbonyl (C=O) groups is 1. The average Bonchev–Trinajstić information content (AvgIpc) is 2.10. The summed E-state index contributed by atoms with van der Waals surface area (Å²) >= 11 is 11.0. The monoisotopic (exact) mass is 236 g/mol. The Labute approximate surface area is 90.0 Å². The molecule has 1 amide bonds. The minimum atomic E-state index is -0.682. The van der Waals surface area contributed by atoms with Crippen LogP contribution in [0.2, 0.25) is 10.0 Å². The normalized spacial score (nSPS) is 9.93. The smallest absolute Gasteiger partial charge is 0.236 e. The summed E-state index contributed by atoms with van der Waals surface area (Å²) in [7, 11) is 0. The van der Waals surface area contributed by atoms with Gasteiger partial charge in [0.2, 0.25) is 5.91 Å². The van der Waals surface area contributed by atoms with E-state index in [-0.39, 0.29) is 16.6 Å². The van der Waals surface area contributed by atoms with Gasteiger partial charge >= 0.3 is 0 Å². The van der Waals surface area contributed by atoms with E-state index < -0.39 is 11.7 Å². The Morgan fingerprint density at radius 2 is 1.93 bits per heavy atom. The van der Waals surface area contributed by atoms with Crippen LogP contribution in [0.5, 0.6) is 0 Å². The van der Waals surface area contributed by atoms with Crippen LogP contribution in [0.3, 0.4) is 0 Å². The molecule has 0 radical (unpaired) electrons. The molecular weight excluding hydrogens is 230 g/mol. The molecule has 1 aromatic rings. The number of nitrogens with two attached hydrogens (primary N) is 1. The Balaban J connectivity index is 2.84. The van der Waals surface area contributed by atoms with Gasteiger partial charge in [-0.1, -0.05) is 23.2 Å². The molecule has 3 nitrogen and oxygen atoms in total. The summed E-state index contributed by atoms with van der Waals surface area (Å²) in [4.78, 5) is 10.4. The van der Waals surface area contributed by atoms with Crippen LogP contribution in [0.4, 0.5) is 10.1 Å². The van der Waals surface area contributed by atoms with E-state index in [0.29, 0.717) is 5.69 Å². The zero-order valence-electron chi connectivity index (χ0n) is 6.98. The van der Waals surface area contributed by atoms with Crippen molar-refractivity contribution in [2.24, 2.45) is 5.73 Å². The number of amides is 1. The summed E-state index contributed by atoms with van der Waals surface area (Å²) in [5.41, 5.74) is 5.35. The highest BCUT2D eigenvalue weighted by atomic mass is 35.5. The number of benzene rings is 1. The van der Waals surface area contributed by atoms with E-state index >= 15 is 0 Å². The summed E-state index contributed by atoms with van der Waals surface area (Å²) < 4.78 is 12.9. The van der Waals surface area contributed by atoms with Crippen molar-refractivity contribution < 1.29 is 9.18 Å². The van der Waals surface area contributed by atoms with E-state index in [9.17, 15) is 9.18 Å². The number of primary amides is 1. The maximum absolute atomic E-state index is 12.9. The Bertz CT molecular complexity index is 347. The lowest BCUT2D eigenvalue weighted by Crippen LogP contribution is -2.21. The summed E-state index contributed by atoms with van der Waals surface area (Å²) in [6, 6.07) is 2.65. The maximum Gasteiger partial charge on any atom is 0.236 e. The molecule has 0 bridgehead atoms. The largest absolute Gasteiger partial charge is 0.376 e. The molecule has 0 spiro atoms. The predicted octanol–water partition coefficient (Wildman–Crippen LogP) is 2.03. The fraction of sp³-hybridized carbons (Fsp3) is 0.125. The highest BCUT2D eigenvalue weighted by Gasteiger charge is 2.07. The summed E-state index contributed by atoms with van der Waals surface area (Å²) in [5.74, 6) is -1.21.